The SMILES string of the molecule is O=C1c2oc3ccc(F)cc3c(=O)c2[C@H](c2ccc(F)cc2)N1CCC[NH+]1CCOCC1. The van der Waals surface area contributed by atoms with Gasteiger partial charge in [0.2, 0.25) is 5.76 Å². The van der Waals surface area contributed by atoms with Crippen molar-refractivity contribution in [1.29, 1.82) is 0 Å². The second-order valence-corrected chi connectivity index (χ2v) is 8.23. The molecule has 2 aliphatic heterocycles. The molecule has 0 saturated carbocycles. The van der Waals surface area contributed by atoms with Crippen molar-refractivity contribution < 1.29 is 27.6 Å². The van der Waals surface area contributed by atoms with Crippen LogP contribution in [0.3, 0.4) is 0 Å². The van der Waals surface area contributed by atoms with E-state index in [-0.39, 0.29) is 28.2 Å². The molecular weight excluding hydrogens is 418 g/mol. The summed E-state index contributed by atoms with van der Waals surface area (Å²) in [4.78, 5) is 29.7. The van der Waals surface area contributed by atoms with Gasteiger partial charge in [0, 0.05) is 13.0 Å². The van der Waals surface area contributed by atoms with Crippen LogP contribution < -0.4 is 10.3 Å². The van der Waals surface area contributed by atoms with E-state index in [0.717, 1.165) is 45.3 Å². The molecule has 1 N–H and O–H groups in total. The van der Waals surface area contributed by atoms with Gasteiger partial charge in [0.15, 0.2) is 5.43 Å². The minimum Gasteiger partial charge on any atom is -0.450 e. The molecule has 6 nitrogen and oxygen atoms in total. The Labute approximate surface area is 183 Å². The predicted octanol–water partition coefficient (Wildman–Crippen LogP) is 1.92. The number of benzene rings is 2. The van der Waals surface area contributed by atoms with Crippen LogP contribution in [0.4, 0.5) is 8.78 Å². The third kappa shape index (κ3) is 3.69. The zero-order chi connectivity index (χ0) is 22.2. The van der Waals surface area contributed by atoms with Crippen molar-refractivity contribution in [2.45, 2.75) is 12.5 Å². The van der Waals surface area contributed by atoms with E-state index in [4.69, 9.17) is 9.15 Å². The van der Waals surface area contributed by atoms with E-state index in [9.17, 15) is 18.4 Å². The number of hydrogen-bond acceptors (Lipinski definition) is 4. The summed E-state index contributed by atoms with van der Waals surface area (Å²) in [5, 5.41) is 0.0864. The Morgan fingerprint density at radius 1 is 1.00 bits per heavy atom. The van der Waals surface area contributed by atoms with Crippen LogP contribution >= 0.6 is 0 Å². The second kappa shape index (κ2) is 8.44. The van der Waals surface area contributed by atoms with Crippen molar-refractivity contribution in [3.63, 3.8) is 0 Å². The Kier molecular flexibility index (Phi) is 5.48. The lowest BCUT2D eigenvalue weighted by Gasteiger charge is -2.27. The molecule has 2 aromatic carbocycles. The summed E-state index contributed by atoms with van der Waals surface area (Å²) in [5.74, 6) is -1.37. The van der Waals surface area contributed by atoms with Gasteiger partial charge in [-0.1, -0.05) is 12.1 Å². The molecule has 0 bridgehead atoms. The highest BCUT2D eigenvalue weighted by Crippen LogP contribution is 2.38. The van der Waals surface area contributed by atoms with Crippen molar-refractivity contribution >= 4 is 16.9 Å². The van der Waals surface area contributed by atoms with E-state index in [1.54, 1.807) is 17.0 Å². The highest BCUT2D eigenvalue weighted by atomic mass is 19.1. The molecular formula is C24H23F2N2O4+. The van der Waals surface area contributed by atoms with Crippen molar-refractivity contribution in [1.82, 2.24) is 4.90 Å². The minimum atomic E-state index is -0.707. The van der Waals surface area contributed by atoms with Gasteiger partial charge in [-0.3, -0.25) is 9.59 Å². The maximum atomic E-state index is 13.8. The number of rotatable bonds is 5. The van der Waals surface area contributed by atoms with Crippen molar-refractivity contribution in [3.05, 3.63) is 81.2 Å². The molecule has 1 atom stereocenters. The zero-order valence-electron chi connectivity index (χ0n) is 17.4. The lowest BCUT2D eigenvalue weighted by molar-refractivity contribution is -0.908. The summed E-state index contributed by atoms with van der Waals surface area (Å²) >= 11 is 0. The molecule has 0 unspecified atom stereocenters. The summed E-state index contributed by atoms with van der Waals surface area (Å²) < 4.78 is 38.6. The summed E-state index contributed by atoms with van der Waals surface area (Å²) in [5.41, 5.74) is 0.518. The van der Waals surface area contributed by atoms with E-state index >= 15 is 0 Å². The van der Waals surface area contributed by atoms with Crippen LogP contribution in [-0.2, 0) is 4.74 Å². The van der Waals surface area contributed by atoms with Crippen LogP contribution in [-0.4, -0.2) is 50.2 Å². The first-order chi connectivity index (χ1) is 15.5. The first-order valence-corrected chi connectivity index (χ1v) is 10.8. The van der Waals surface area contributed by atoms with Crippen molar-refractivity contribution in [2.75, 3.05) is 39.4 Å². The summed E-state index contributed by atoms with van der Waals surface area (Å²) in [6.45, 7) is 4.58. The number of carbonyl (C=O) groups is 1. The van der Waals surface area contributed by atoms with E-state index in [1.807, 2.05) is 0 Å². The molecule has 2 aliphatic rings. The van der Waals surface area contributed by atoms with E-state index in [0.29, 0.717) is 12.1 Å². The highest BCUT2D eigenvalue weighted by molar-refractivity contribution is 5.99. The van der Waals surface area contributed by atoms with Crippen LogP contribution in [0.2, 0.25) is 0 Å². The average Bonchev–Trinajstić information content (AvgIpc) is 3.08. The number of fused-ring (bicyclic) bond motifs is 2. The Balaban J connectivity index is 1.53. The number of ether oxygens (including phenoxy) is 1. The molecule has 1 aromatic heterocycles. The van der Waals surface area contributed by atoms with Gasteiger partial charge in [-0.15, -0.1) is 0 Å². The Bertz CT molecular complexity index is 1220. The molecule has 0 aliphatic carbocycles. The highest BCUT2D eigenvalue weighted by Gasteiger charge is 2.42. The largest absolute Gasteiger partial charge is 0.450 e. The molecule has 1 amide bonds. The summed E-state index contributed by atoms with van der Waals surface area (Å²) in [6.07, 6.45) is 0.731. The van der Waals surface area contributed by atoms with Gasteiger partial charge in [0.1, 0.15) is 30.3 Å². The first-order valence-electron chi connectivity index (χ1n) is 10.8. The van der Waals surface area contributed by atoms with Crippen LogP contribution in [0.15, 0.2) is 51.7 Å². The molecule has 3 heterocycles. The zero-order valence-corrected chi connectivity index (χ0v) is 17.4. The minimum absolute atomic E-state index is 0.0258. The smallest absolute Gasteiger partial charge is 0.290 e. The van der Waals surface area contributed by atoms with Gasteiger partial charge in [0.25, 0.3) is 5.91 Å². The topological polar surface area (TPSA) is 64.2 Å². The van der Waals surface area contributed by atoms with Crippen LogP contribution in [0.1, 0.15) is 34.1 Å². The van der Waals surface area contributed by atoms with Gasteiger partial charge < -0.3 is 19.0 Å². The van der Waals surface area contributed by atoms with Crippen molar-refractivity contribution in [2.24, 2.45) is 0 Å². The van der Waals surface area contributed by atoms with E-state index in [1.165, 1.54) is 29.2 Å². The first kappa shape index (κ1) is 20.8. The number of nitrogens with one attached hydrogen (secondary N) is 1. The predicted molar refractivity (Wildman–Crippen MR) is 113 cm³/mol. The standard InChI is InChI=1S/C24H22F2N2O4/c25-16-4-2-15(3-5-16)21-20-22(29)18-14-17(26)6-7-19(18)32-23(20)24(30)28(21)9-1-8-27-10-12-31-13-11-27/h2-7,14,21H,1,8-13H2/p+1/t21-/m0/s1. The Morgan fingerprint density at radius 2 is 1.72 bits per heavy atom. The van der Waals surface area contributed by atoms with Gasteiger partial charge >= 0.3 is 0 Å². The maximum absolute atomic E-state index is 13.8. The van der Waals surface area contributed by atoms with Gasteiger partial charge in [-0.05, 0) is 35.9 Å². The molecule has 32 heavy (non-hydrogen) atoms. The molecule has 1 saturated heterocycles. The molecule has 8 heteroatoms. The van der Waals surface area contributed by atoms with Gasteiger partial charge in [0.05, 0.1) is 36.8 Å². The monoisotopic (exact) mass is 441 g/mol. The van der Waals surface area contributed by atoms with Crippen LogP contribution in [0.5, 0.6) is 0 Å². The van der Waals surface area contributed by atoms with E-state index in [2.05, 4.69) is 0 Å². The maximum Gasteiger partial charge on any atom is 0.290 e. The molecule has 5 rings (SSSR count). The third-order valence-electron chi connectivity index (χ3n) is 6.24. The Hall–Kier alpha value is -3.10. The number of hydrogen-bond donors (Lipinski definition) is 1. The Morgan fingerprint density at radius 3 is 2.47 bits per heavy atom. The molecule has 0 radical (unpaired) electrons. The summed E-state index contributed by atoms with van der Waals surface area (Å²) in [6, 6.07) is 8.70. The van der Waals surface area contributed by atoms with Crippen LogP contribution in [0.25, 0.3) is 11.0 Å². The van der Waals surface area contributed by atoms with E-state index < -0.39 is 23.1 Å². The molecule has 1 fully saturated rings. The van der Waals surface area contributed by atoms with Gasteiger partial charge in [-0.2, -0.15) is 0 Å². The number of halogens is 2. The fourth-order valence-electron chi connectivity index (χ4n) is 4.62. The lowest BCUT2D eigenvalue weighted by atomic mass is 9.98. The number of quaternary nitrogens is 1. The molecule has 166 valence electrons. The van der Waals surface area contributed by atoms with Crippen molar-refractivity contribution in [3.8, 4) is 0 Å². The fraction of sp³-hybridized carbons (Fsp3) is 0.333. The van der Waals surface area contributed by atoms with Crippen LogP contribution in [0, 0.1) is 11.6 Å². The average molecular weight is 441 g/mol. The fourth-order valence-corrected chi connectivity index (χ4v) is 4.62. The quantitative estimate of drug-likeness (QED) is 0.657. The number of amides is 1. The number of morpholine rings is 1. The lowest BCUT2D eigenvalue weighted by Crippen LogP contribution is -3.14. The second-order valence-electron chi connectivity index (χ2n) is 8.23. The van der Waals surface area contributed by atoms with Gasteiger partial charge in [-0.25, -0.2) is 8.78 Å². The third-order valence-corrected chi connectivity index (χ3v) is 6.24. The summed E-state index contributed by atoms with van der Waals surface area (Å²) in [7, 11) is 0. The normalized spacial score (nSPS) is 19.0. The molecule has 0 spiro atoms. The molecule has 3 aromatic rings. The number of nitrogens with zero attached hydrogens (tertiary/aromatic N) is 1. The number of carbonyl (C=O) groups excluding carboxylic acids is 1.